The number of anilines is 2. The lowest BCUT2D eigenvalue weighted by Crippen LogP contribution is -2.46. The van der Waals surface area contributed by atoms with E-state index in [4.69, 9.17) is 33.7 Å². The highest BCUT2D eigenvalue weighted by atomic mass is 35.5. The first-order chi connectivity index (χ1) is 10.6. The number of nitrogens with one attached hydrogen (secondary N) is 1. The van der Waals surface area contributed by atoms with Gasteiger partial charge in [-0.05, 0) is 37.8 Å². The zero-order valence-corrected chi connectivity index (χ0v) is 14.2. The van der Waals surface area contributed by atoms with Crippen molar-refractivity contribution in [2.24, 2.45) is 0 Å². The Balaban J connectivity index is 1.54. The Bertz CT molecular complexity index is 512. The van der Waals surface area contributed by atoms with E-state index in [1.807, 2.05) is 6.07 Å². The number of benzene rings is 1. The monoisotopic (exact) mass is 343 g/mol. The molecule has 6 heteroatoms. The summed E-state index contributed by atoms with van der Waals surface area (Å²) >= 11 is 12.1. The maximum Gasteiger partial charge on any atom is 0.0614 e. The second-order valence-corrected chi connectivity index (χ2v) is 6.97. The Labute approximate surface area is 141 Å². The Morgan fingerprint density at radius 3 is 2.36 bits per heavy atom. The molecule has 3 rings (SSSR count). The molecule has 2 fully saturated rings. The summed E-state index contributed by atoms with van der Waals surface area (Å²) in [4.78, 5) is 2.61. The number of halogens is 2. The summed E-state index contributed by atoms with van der Waals surface area (Å²) in [5, 5.41) is 4.56. The van der Waals surface area contributed by atoms with Crippen molar-refractivity contribution in [1.82, 2.24) is 4.90 Å². The molecule has 0 aromatic heterocycles. The predicted octanol–water partition coefficient (Wildman–Crippen LogP) is 3.63. The van der Waals surface area contributed by atoms with Crippen molar-refractivity contribution in [3.8, 4) is 0 Å². The molecule has 0 amide bonds. The lowest BCUT2D eigenvalue weighted by molar-refractivity contribution is 0.0262. The van der Waals surface area contributed by atoms with Gasteiger partial charge in [-0.25, -0.2) is 0 Å². The van der Waals surface area contributed by atoms with Crippen molar-refractivity contribution in [2.45, 2.75) is 37.8 Å². The van der Waals surface area contributed by atoms with Crippen molar-refractivity contribution in [2.75, 3.05) is 37.4 Å². The summed E-state index contributed by atoms with van der Waals surface area (Å²) < 4.78 is 5.45. The van der Waals surface area contributed by atoms with Crippen LogP contribution in [0.5, 0.6) is 0 Å². The highest BCUT2D eigenvalue weighted by molar-refractivity contribution is 6.42. The molecule has 0 unspecified atom stereocenters. The van der Waals surface area contributed by atoms with E-state index in [2.05, 4.69) is 10.2 Å². The van der Waals surface area contributed by atoms with E-state index in [9.17, 15) is 0 Å². The maximum atomic E-state index is 6.08. The van der Waals surface area contributed by atoms with Crippen LogP contribution in [0.1, 0.15) is 25.7 Å². The van der Waals surface area contributed by atoms with Gasteiger partial charge in [0, 0.05) is 38.4 Å². The van der Waals surface area contributed by atoms with Crippen LogP contribution in [-0.4, -0.2) is 43.3 Å². The number of nitrogens with two attached hydrogens (primary N) is 1. The summed E-state index contributed by atoms with van der Waals surface area (Å²) in [7, 11) is 0. The zero-order valence-electron chi connectivity index (χ0n) is 12.7. The maximum absolute atomic E-state index is 6.08. The SMILES string of the molecule is Nc1cc(Cl)c(Cl)cc1NC1CCN(C2CCOCC2)CC1. The molecule has 122 valence electrons. The standard InChI is InChI=1S/C16H23Cl2N3O/c17-13-9-15(19)16(10-14(13)18)20-11-1-5-21(6-2-11)12-3-7-22-8-4-12/h9-12,20H,1-8,19H2. The van der Waals surface area contributed by atoms with Crippen LogP contribution in [0, 0.1) is 0 Å². The van der Waals surface area contributed by atoms with Crippen LogP contribution in [-0.2, 0) is 4.74 Å². The Kier molecular flexibility index (Phi) is 5.34. The number of hydrogen-bond donors (Lipinski definition) is 2. The number of nitrogen functional groups attached to an aromatic ring is 1. The number of nitrogens with zero attached hydrogens (tertiary/aromatic N) is 1. The van der Waals surface area contributed by atoms with Crippen LogP contribution < -0.4 is 11.1 Å². The Hall–Kier alpha value is -0.680. The first-order valence-corrected chi connectivity index (χ1v) is 8.72. The summed E-state index contributed by atoms with van der Waals surface area (Å²) in [6.45, 7) is 4.07. The van der Waals surface area contributed by atoms with Gasteiger partial charge < -0.3 is 20.7 Å². The molecule has 4 nitrogen and oxygen atoms in total. The molecule has 0 radical (unpaired) electrons. The Morgan fingerprint density at radius 2 is 1.68 bits per heavy atom. The summed E-state index contributed by atoms with van der Waals surface area (Å²) in [6, 6.07) is 4.67. The minimum atomic E-state index is 0.440. The zero-order chi connectivity index (χ0) is 15.5. The van der Waals surface area contributed by atoms with Crippen molar-refractivity contribution in [1.29, 1.82) is 0 Å². The molecule has 2 heterocycles. The number of rotatable bonds is 3. The van der Waals surface area contributed by atoms with Gasteiger partial charge in [-0.1, -0.05) is 23.2 Å². The van der Waals surface area contributed by atoms with E-state index >= 15 is 0 Å². The largest absolute Gasteiger partial charge is 0.397 e. The van der Waals surface area contributed by atoms with E-state index in [1.165, 1.54) is 0 Å². The van der Waals surface area contributed by atoms with Crippen LogP contribution in [0.25, 0.3) is 0 Å². The molecular weight excluding hydrogens is 321 g/mol. The van der Waals surface area contributed by atoms with Crippen molar-refractivity contribution < 1.29 is 4.74 Å². The fourth-order valence-corrected chi connectivity index (χ4v) is 3.70. The average molecular weight is 344 g/mol. The van der Waals surface area contributed by atoms with Crippen LogP contribution in [0.3, 0.4) is 0 Å². The molecule has 22 heavy (non-hydrogen) atoms. The highest BCUT2D eigenvalue weighted by Gasteiger charge is 2.26. The van der Waals surface area contributed by atoms with Crippen LogP contribution >= 0.6 is 23.2 Å². The minimum Gasteiger partial charge on any atom is -0.397 e. The van der Waals surface area contributed by atoms with E-state index in [0.29, 0.717) is 27.8 Å². The first-order valence-electron chi connectivity index (χ1n) is 7.96. The normalized spacial score (nSPS) is 21.9. The van der Waals surface area contributed by atoms with Crippen LogP contribution in [0.4, 0.5) is 11.4 Å². The summed E-state index contributed by atoms with van der Waals surface area (Å²) in [5.74, 6) is 0. The van der Waals surface area contributed by atoms with E-state index in [1.54, 1.807) is 6.07 Å². The highest BCUT2D eigenvalue weighted by Crippen LogP contribution is 2.32. The minimum absolute atomic E-state index is 0.440. The molecular formula is C16H23Cl2N3O. The number of hydrogen-bond acceptors (Lipinski definition) is 4. The third-order valence-electron chi connectivity index (χ3n) is 4.69. The summed E-state index contributed by atoms with van der Waals surface area (Å²) in [6.07, 6.45) is 4.57. The van der Waals surface area contributed by atoms with E-state index in [0.717, 1.165) is 57.7 Å². The third kappa shape index (κ3) is 3.80. The topological polar surface area (TPSA) is 50.5 Å². The van der Waals surface area contributed by atoms with Gasteiger partial charge in [0.15, 0.2) is 0 Å². The fraction of sp³-hybridized carbons (Fsp3) is 0.625. The molecule has 2 saturated heterocycles. The number of piperidine rings is 1. The lowest BCUT2D eigenvalue weighted by atomic mass is 9.99. The number of likely N-dealkylation sites (tertiary alicyclic amines) is 1. The Morgan fingerprint density at radius 1 is 1.05 bits per heavy atom. The lowest BCUT2D eigenvalue weighted by Gasteiger charge is -2.39. The quantitative estimate of drug-likeness (QED) is 0.822. The number of ether oxygens (including phenoxy) is 1. The molecule has 2 aliphatic heterocycles. The fourth-order valence-electron chi connectivity index (χ4n) is 3.37. The second kappa shape index (κ2) is 7.26. The van der Waals surface area contributed by atoms with Crippen molar-refractivity contribution in [3.63, 3.8) is 0 Å². The van der Waals surface area contributed by atoms with Gasteiger partial charge in [0.25, 0.3) is 0 Å². The van der Waals surface area contributed by atoms with Crippen molar-refractivity contribution >= 4 is 34.6 Å². The third-order valence-corrected chi connectivity index (χ3v) is 5.41. The molecule has 0 bridgehead atoms. The molecule has 1 aromatic rings. The first kappa shape index (κ1) is 16.2. The van der Waals surface area contributed by atoms with Gasteiger partial charge in [-0.3, -0.25) is 0 Å². The smallest absolute Gasteiger partial charge is 0.0614 e. The van der Waals surface area contributed by atoms with Gasteiger partial charge >= 0.3 is 0 Å². The van der Waals surface area contributed by atoms with Gasteiger partial charge in [-0.15, -0.1) is 0 Å². The molecule has 0 atom stereocenters. The molecule has 0 spiro atoms. The molecule has 3 N–H and O–H groups in total. The van der Waals surface area contributed by atoms with Crippen LogP contribution in [0.15, 0.2) is 12.1 Å². The summed E-state index contributed by atoms with van der Waals surface area (Å²) in [5.41, 5.74) is 7.56. The molecule has 2 aliphatic rings. The molecule has 1 aromatic carbocycles. The van der Waals surface area contributed by atoms with E-state index < -0.39 is 0 Å². The van der Waals surface area contributed by atoms with Crippen molar-refractivity contribution in [3.05, 3.63) is 22.2 Å². The van der Waals surface area contributed by atoms with Crippen LogP contribution in [0.2, 0.25) is 10.0 Å². The van der Waals surface area contributed by atoms with Gasteiger partial charge in [0.2, 0.25) is 0 Å². The predicted molar refractivity (Wildman–Crippen MR) is 92.9 cm³/mol. The van der Waals surface area contributed by atoms with Gasteiger partial charge in [-0.2, -0.15) is 0 Å². The molecule has 0 aliphatic carbocycles. The van der Waals surface area contributed by atoms with Gasteiger partial charge in [0.05, 0.1) is 21.4 Å². The van der Waals surface area contributed by atoms with Gasteiger partial charge in [0.1, 0.15) is 0 Å². The van der Waals surface area contributed by atoms with E-state index in [-0.39, 0.29) is 0 Å². The average Bonchev–Trinajstić information content (AvgIpc) is 2.54. The molecule has 0 saturated carbocycles. The second-order valence-electron chi connectivity index (χ2n) is 6.15.